The quantitative estimate of drug-likeness (QED) is 0.781. The van der Waals surface area contributed by atoms with Crippen molar-refractivity contribution in [2.24, 2.45) is 0 Å². The Morgan fingerprint density at radius 2 is 2.26 bits per heavy atom. The number of urea groups is 1. The fourth-order valence-corrected chi connectivity index (χ4v) is 1.52. The number of carbonyl (C=O) groups excluding carboxylic acids is 1. The summed E-state index contributed by atoms with van der Waals surface area (Å²) >= 11 is 0. The summed E-state index contributed by atoms with van der Waals surface area (Å²) in [6.07, 6.45) is 3.05. The maximum atomic E-state index is 11.6. The molecule has 0 aliphatic carbocycles. The van der Waals surface area contributed by atoms with Gasteiger partial charge in [-0.1, -0.05) is 6.07 Å². The Hall–Kier alpha value is -2.34. The third kappa shape index (κ3) is 3.56. The first kappa shape index (κ1) is 13.1. The van der Waals surface area contributed by atoms with Gasteiger partial charge in [0, 0.05) is 6.20 Å². The molecule has 0 spiro atoms. The van der Waals surface area contributed by atoms with Crippen molar-refractivity contribution in [3.63, 3.8) is 0 Å². The summed E-state index contributed by atoms with van der Waals surface area (Å²) in [5.41, 5.74) is -1.26. The minimum Gasteiger partial charge on any atom is -0.466 e. The lowest BCUT2D eigenvalue weighted by Crippen LogP contribution is -2.40. The number of anilines is 1. The van der Waals surface area contributed by atoms with E-state index in [1.807, 2.05) is 0 Å². The Morgan fingerprint density at radius 1 is 1.42 bits per heavy atom. The maximum Gasteiger partial charge on any atom is 0.320 e. The Labute approximate surface area is 110 Å². The number of nitrogens with zero attached hydrogens (tertiary/aromatic N) is 1. The van der Waals surface area contributed by atoms with E-state index in [2.05, 4.69) is 15.6 Å². The van der Waals surface area contributed by atoms with Crippen LogP contribution in [0.2, 0.25) is 0 Å². The van der Waals surface area contributed by atoms with Crippen molar-refractivity contribution >= 4 is 11.8 Å². The van der Waals surface area contributed by atoms with Gasteiger partial charge in [0.1, 0.15) is 17.2 Å². The lowest BCUT2D eigenvalue weighted by atomic mass is 10.0. The Kier molecular flexibility index (Phi) is 3.82. The van der Waals surface area contributed by atoms with Gasteiger partial charge in [-0.2, -0.15) is 0 Å². The Morgan fingerprint density at radius 3 is 2.89 bits per heavy atom. The van der Waals surface area contributed by atoms with Crippen molar-refractivity contribution in [3.05, 3.63) is 48.6 Å². The molecule has 2 aromatic rings. The molecular formula is C13H15N3O3. The van der Waals surface area contributed by atoms with E-state index in [-0.39, 0.29) is 6.54 Å². The Bertz CT molecular complexity index is 523. The smallest absolute Gasteiger partial charge is 0.320 e. The zero-order valence-electron chi connectivity index (χ0n) is 10.5. The number of aromatic nitrogens is 1. The zero-order valence-corrected chi connectivity index (χ0v) is 10.5. The fourth-order valence-electron chi connectivity index (χ4n) is 1.52. The molecule has 2 amide bonds. The fraction of sp³-hybridized carbons (Fsp3) is 0.231. The number of pyridine rings is 1. The van der Waals surface area contributed by atoms with Crippen molar-refractivity contribution in [3.8, 4) is 0 Å². The first-order chi connectivity index (χ1) is 9.08. The van der Waals surface area contributed by atoms with Crippen LogP contribution in [-0.2, 0) is 5.60 Å². The third-order valence-corrected chi connectivity index (χ3v) is 2.55. The molecule has 1 unspecified atom stereocenters. The molecule has 0 saturated heterocycles. The first-order valence-electron chi connectivity index (χ1n) is 5.80. The van der Waals surface area contributed by atoms with E-state index in [0.29, 0.717) is 11.6 Å². The SMILES string of the molecule is CC(O)(CNC(=O)Nc1ccccn1)c1ccco1. The average Bonchev–Trinajstić information content (AvgIpc) is 2.92. The van der Waals surface area contributed by atoms with Gasteiger partial charge in [-0.3, -0.25) is 5.32 Å². The van der Waals surface area contributed by atoms with Crippen LogP contribution < -0.4 is 10.6 Å². The van der Waals surface area contributed by atoms with Crippen LogP contribution in [0, 0.1) is 0 Å². The minimum absolute atomic E-state index is 0.0270. The lowest BCUT2D eigenvalue weighted by Gasteiger charge is -2.21. The molecule has 3 N–H and O–H groups in total. The highest BCUT2D eigenvalue weighted by atomic mass is 16.4. The highest BCUT2D eigenvalue weighted by Crippen LogP contribution is 2.19. The number of amides is 2. The highest BCUT2D eigenvalue weighted by molar-refractivity contribution is 5.88. The van der Waals surface area contributed by atoms with Crippen LogP contribution in [0.3, 0.4) is 0 Å². The molecule has 2 rings (SSSR count). The van der Waals surface area contributed by atoms with Gasteiger partial charge in [-0.05, 0) is 31.2 Å². The van der Waals surface area contributed by atoms with E-state index in [1.165, 1.54) is 6.26 Å². The molecule has 6 heteroatoms. The molecule has 1 atom stereocenters. The highest BCUT2D eigenvalue weighted by Gasteiger charge is 2.26. The second-order valence-corrected chi connectivity index (χ2v) is 4.27. The van der Waals surface area contributed by atoms with E-state index >= 15 is 0 Å². The molecule has 0 aliphatic heterocycles. The molecule has 2 heterocycles. The van der Waals surface area contributed by atoms with Crippen molar-refractivity contribution in [2.45, 2.75) is 12.5 Å². The van der Waals surface area contributed by atoms with Gasteiger partial charge in [0.05, 0.1) is 12.8 Å². The molecule has 0 aromatic carbocycles. The summed E-state index contributed by atoms with van der Waals surface area (Å²) in [5.74, 6) is 0.836. The minimum atomic E-state index is -1.26. The molecule has 0 radical (unpaired) electrons. The largest absolute Gasteiger partial charge is 0.466 e. The van der Waals surface area contributed by atoms with Gasteiger partial charge in [0.15, 0.2) is 0 Å². The summed E-state index contributed by atoms with van der Waals surface area (Å²) in [5, 5.41) is 15.3. The lowest BCUT2D eigenvalue weighted by molar-refractivity contribution is 0.0372. The number of carbonyl (C=O) groups is 1. The van der Waals surface area contributed by atoms with Gasteiger partial charge >= 0.3 is 6.03 Å². The first-order valence-corrected chi connectivity index (χ1v) is 5.80. The van der Waals surface area contributed by atoms with Crippen LogP contribution in [0.1, 0.15) is 12.7 Å². The van der Waals surface area contributed by atoms with Crippen molar-refractivity contribution < 1.29 is 14.3 Å². The molecule has 0 aliphatic rings. The second-order valence-electron chi connectivity index (χ2n) is 4.27. The van der Waals surface area contributed by atoms with Gasteiger partial charge in [0.25, 0.3) is 0 Å². The normalized spacial score (nSPS) is 13.6. The number of hydrogen-bond acceptors (Lipinski definition) is 4. The monoisotopic (exact) mass is 261 g/mol. The predicted molar refractivity (Wildman–Crippen MR) is 69.5 cm³/mol. The van der Waals surface area contributed by atoms with E-state index in [4.69, 9.17) is 4.42 Å². The van der Waals surface area contributed by atoms with Gasteiger partial charge in [-0.15, -0.1) is 0 Å². The van der Waals surface area contributed by atoms with E-state index < -0.39 is 11.6 Å². The molecule has 0 bridgehead atoms. The van der Waals surface area contributed by atoms with Gasteiger partial charge in [0.2, 0.25) is 0 Å². The number of aliphatic hydroxyl groups is 1. The second kappa shape index (κ2) is 5.53. The summed E-state index contributed by atoms with van der Waals surface area (Å²) in [6.45, 7) is 1.59. The van der Waals surface area contributed by atoms with Crippen molar-refractivity contribution in [2.75, 3.05) is 11.9 Å². The number of furan rings is 1. The molecule has 19 heavy (non-hydrogen) atoms. The predicted octanol–water partition coefficient (Wildman–Crippen LogP) is 1.70. The van der Waals surface area contributed by atoms with Crippen LogP contribution in [0.5, 0.6) is 0 Å². The van der Waals surface area contributed by atoms with Crippen LogP contribution in [0.4, 0.5) is 10.6 Å². The van der Waals surface area contributed by atoms with Crippen LogP contribution in [-0.4, -0.2) is 22.7 Å². The maximum absolute atomic E-state index is 11.6. The molecule has 0 saturated carbocycles. The molecule has 2 aromatic heterocycles. The van der Waals surface area contributed by atoms with Gasteiger partial charge < -0.3 is 14.8 Å². The summed E-state index contributed by atoms with van der Waals surface area (Å²) in [4.78, 5) is 15.6. The average molecular weight is 261 g/mol. The molecular weight excluding hydrogens is 246 g/mol. The van der Waals surface area contributed by atoms with E-state index in [9.17, 15) is 9.90 Å². The van der Waals surface area contributed by atoms with Gasteiger partial charge in [-0.25, -0.2) is 9.78 Å². The zero-order chi connectivity index (χ0) is 13.7. The molecule has 0 fully saturated rings. The number of hydrogen-bond donors (Lipinski definition) is 3. The van der Waals surface area contributed by atoms with E-state index in [1.54, 1.807) is 43.5 Å². The van der Waals surface area contributed by atoms with Crippen LogP contribution in [0.15, 0.2) is 47.2 Å². The van der Waals surface area contributed by atoms with E-state index in [0.717, 1.165) is 0 Å². The van der Waals surface area contributed by atoms with Crippen molar-refractivity contribution in [1.29, 1.82) is 0 Å². The van der Waals surface area contributed by atoms with Crippen molar-refractivity contribution in [1.82, 2.24) is 10.3 Å². The summed E-state index contributed by atoms with van der Waals surface area (Å²) in [7, 11) is 0. The third-order valence-electron chi connectivity index (χ3n) is 2.55. The standard InChI is InChI=1S/C13H15N3O3/c1-13(18,10-5-4-8-19-10)9-15-12(17)16-11-6-2-3-7-14-11/h2-8,18H,9H2,1H3,(H2,14,15,16,17). The Balaban J connectivity index is 1.87. The van der Waals surface area contributed by atoms with Crippen LogP contribution >= 0.6 is 0 Å². The molecule has 100 valence electrons. The number of nitrogens with one attached hydrogen (secondary N) is 2. The molecule has 6 nitrogen and oxygen atoms in total. The summed E-state index contributed by atoms with van der Waals surface area (Å²) in [6, 6.07) is 8.08. The summed E-state index contributed by atoms with van der Waals surface area (Å²) < 4.78 is 5.11. The number of rotatable bonds is 4. The topological polar surface area (TPSA) is 87.4 Å². The van der Waals surface area contributed by atoms with Crippen LogP contribution in [0.25, 0.3) is 0 Å².